The summed E-state index contributed by atoms with van der Waals surface area (Å²) in [7, 11) is 3.42. The first-order chi connectivity index (χ1) is 9.69. The van der Waals surface area contributed by atoms with E-state index in [1.54, 1.807) is 14.2 Å². The summed E-state index contributed by atoms with van der Waals surface area (Å²) in [6.07, 6.45) is 1.20. The lowest BCUT2D eigenvalue weighted by Crippen LogP contribution is -2.53. The molecule has 2 unspecified atom stereocenters. The maximum absolute atomic E-state index is 5.50. The molecule has 1 aromatic carbocycles. The first kappa shape index (κ1) is 15.0. The zero-order valence-corrected chi connectivity index (χ0v) is 13.0. The predicted octanol–water partition coefficient (Wildman–Crippen LogP) is 2.53. The molecule has 20 heavy (non-hydrogen) atoms. The highest BCUT2D eigenvalue weighted by Crippen LogP contribution is 2.33. The first-order valence-corrected chi connectivity index (χ1v) is 7.40. The van der Waals surface area contributed by atoms with Crippen LogP contribution in [-0.2, 0) is 0 Å². The van der Waals surface area contributed by atoms with Crippen LogP contribution in [0.3, 0.4) is 0 Å². The molecule has 112 valence electrons. The van der Waals surface area contributed by atoms with Crippen molar-refractivity contribution < 1.29 is 9.47 Å². The molecule has 1 aromatic rings. The van der Waals surface area contributed by atoms with E-state index in [9.17, 15) is 0 Å². The van der Waals surface area contributed by atoms with Crippen LogP contribution in [0.25, 0.3) is 0 Å². The van der Waals surface area contributed by atoms with E-state index in [1.165, 1.54) is 6.42 Å². The van der Waals surface area contributed by atoms with Gasteiger partial charge in [-0.1, -0.05) is 20.3 Å². The quantitative estimate of drug-likeness (QED) is 0.897. The zero-order valence-electron chi connectivity index (χ0n) is 13.0. The van der Waals surface area contributed by atoms with Gasteiger partial charge >= 0.3 is 0 Å². The smallest absolute Gasteiger partial charge is 0.142 e. The second-order valence-corrected chi connectivity index (χ2v) is 5.43. The number of nitrogens with zero attached hydrogens (tertiary/aromatic N) is 1. The van der Waals surface area contributed by atoms with Crippen LogP contribution in [0.1, 0.15) is 20.3 Å². The van der Waals surface area contributed by atoms with Gasteiger partial charge in [0.1, 0.15) is 11.5 Å². The van der Waals surface area contributed by atoms with Crippen molar-refractivity contribution in [3.63, 3.8) is 0 Å². The summed E-state index contributed by atoms with van der Waals surface area (Å²) in [5, 5.41) is 3.62. The molecule has 1 saturated heterocycles. The summed E-state index contributed by atoms with van der Waals surface area (Å²) < 4.78 is 10.8. The lowest BCUT2D eigenvalue weighted by Gasteiger charge is -2.38. The van der Waals surface area contributed by atoms with Gasteiger partial charge in [0, 0.05) is 31.7 Å². The van der Waals surface area contributed by atoms with Crippen molar-refractivity contribution in [3.05, 3.63) is 18.2 Å². The Labute approximate surface area is 122 Å². The minimum absolute atomic E-state index is 0.532. The van der Waals surface area contributed by atoms with E-state index in [0.29, 0.717) is 12.0 Å². The van der Waals surface area contributed by atoms with Crippen LogP contribution < -0.4 is 19.7 Å². The van der Waals surface area contributed by atoms with Gasteiger partial charge < -0.3 is 19.7 Å². The van der Waals surface area contributed by atoms with Gasteiger partial charge in [0.2, 0.25) is 0 Å². The van der Waals surface area contributed by atoms with E-state index in [-0.39, 0.29) is 0 Å². The molecule has 1 heterocycles. The van der Waals surface area contributed by atoms with Gasteiger partial charge in [-0.2, -0.15) is 0 Å². The molecule has 1 aliphatic rings. The van der Waals surface area contributed by atoms with Crippen LogP contribution in [-0.4, -0.2) is 39.9 Å². The van der Waals surface area contributed by atoms with Crippen LogP contribution in [0.2, 0.25) is 0 Å². The van der Waals surface area contributed by atoms with Gasteiger partial charge in [0.25, 0.3) is 0 Å². The molecular weight excluding hydrogens is 252 g/mol. The van der Waals surface area contributed by atoms with Crippen molar-refractivity contribution in [2.24, 2.45) is 5.92 Å². The Morgan fingerprint density at radius 1 is 1.35 bits per heavy atom. The number of hydrogen-bond donors (Lipinski definition) is 1. The van der Waals surface area contributed by atoms with Crippen LogP contribution in [0.15, 0.2) is 18.2 Å². The molecule has 0 spiro atoms. The predicted molar refractivity (Wildman–Crippen MR) is 83.0 cm³/mol. The summed E-state index contributed by atoms with van der Waals surface area (Å²) in [5.41, 5.74) is 1.13. The maximum Gasteiger partial charge on any atom is 0.142 e. The fraction of sp³-hybridized carbons (Fsp3) is 0.625. The van der Waals surface area contributed by atoms with E-state index in [0.717, 1.165) is 36.8 Å². The largest absolute Gasteiger partial charge is 0.497 e. The average Bonchev–Trinajstić information content (AvgIpc) is 2.53. The van der Waals surface area contributed by atoms with Crippen LogP contribution in [0, 0.1) is 5.92 Å². The van der Waals surface area contributed by atoms with Crippen LogP contribution >= 0.6 is 0 Å². The number of piperazine rings is 1. The summed E-state index contributed by atoms with van der Waals surface area (Å²) in [6, 6.07) is 6.52. The average molecular weight is 278 g/mol. The van der Waals surface area contributed by atoms with Crippen molar-refractivity contribution in [1.29, 1.82) is 0 Å². The summed E-state index contributed by atoms with van der Waals surface area (Å²) in [4.78, 5) is 2.40. The molecule has 4 nitrogen and oxygen atoms in total. The highest BCUT2D eigenvalue weighted by molar-refractivity contribution is 5.62. The van der Waals surface area contributed by atoms with Gasteiger partial charge in [0.05, 0.1) is 19.9 Å². The molecule has 0 bridgehead atoms. The number of benzene rings is 1. The number of rotatable bonds is 5. The van der Waals surface area contributed by atoms with E-state index in [1.807, 2.05) is 12.1 Å². The molecule has 0 radical (unpaired) electrons. The van der Waals surface area contributed by atoms with Gasteiger partial charge in [0.15, 0.2) is 0 Å². The highest BCUT2D eigenvalue weighted by Gasteiger charge is 2.25. The van der Waals surface area contributed by atoms with Crippen molar-refractivity contribution in [2.75, 3.05) is 38.8 Å². The van der Waals surface area contributed by atoms with Crippen molar-refractivity contribution in [2.45, 2.75) is 26.3 Å². The minimum Gasteiger partial charge on any atom is -0.497 e. The highest BCUT2D eigenvalue weighted by atomic mass is 16.5. The Morgan fingerprint density at radius 3 is 2.80 bits per heavy atom. The van der Waals surface area contributed by atoms with Crippen molar-refractivity contribution in [3.8, 4) is 11.5 Å². The number of hydrogen-bond acceptors (Lipinski definition) is 4. The van der Waals surface area contributed by atoms with Gasteiger partial charge in [-0.15, -0.1) is 0 Å². The van der Waals surface area contributed by atoms with E-state index in [4.69, 9.17) is 9.47 Å². The third-order valence-corrected chi connectivity index (χ3v) is 4.26. The lowest BCUT2D eigenvalue weighted by atomic mass is 9.97. The van der Waals surface area contributed by atoms with Crippen molar-refractivity contribution in [1.82, 2.24) is 5.32 Å². The molecule has 2 rings (SSSR count). The molecule has 2 atom stereocenters. The molecule has 1 N–H and O–H groups in total. The van der Waals surface area contributed by atoms with Crippen LogP contribution in [0.4, 0.5) is 5.69 Å². The first-order valence-electron chi connectivity index (χ1n) is 7.40. The van der Waals surface area contributed by atoms with Gasteiger partial charge in [-0.25, -0.2) is 0 Å². The third-order valence-electron chi connectivity index (χ3n) is 4.26. The molecule has 0 saturated carbocycles. The second kappa shape index (κ2) is 6.84. The van der Waals surface area contributed by atoms with Gasteiger partial charge in [-0.3, -0.25) is 0 Å². The van der Waals surface area contributed by atoms with Gasteiger partial charge in [-0.05, 0) is 18.1 Å². The molecule has 0 amide bonds. The summed E-state index contributed by atoms with van der Waals surface area (Å²) in [6.45, 7) is 7.58. The second-order valence-electron chi connectivity index (χ2n) is 5.43. The minimum atomic E-state index is 0.532. The molecule has 1 aliphatic heterocycles. The maximum atomic E-state index is 5.50. The number of nitrogens with one attached hydrogen (secondary N) is 1. The van der Waals surface area contributed by atoms with E-state index < -0.39 is 0 Å². The number of anilines is 1. The van der Waals surface area contributed by atoms with E-state index >= 15 is 0 Å². The fourth-order valence-corrected chi connectivity index (χ4v) is 2.71. The third kappa shape index (κ3) is 3.18. The SMILES string of the molecule is CCC(C)C1CN(c2cc(OC)ccc2OC)CCN1. The van der Waals surface area contributed by atoms with E-state index in [2.05, 4.69) is 30.1 Å². The molecule has 4 heteroatoms. The Kier molecular flexibility index (Phi) is 5.12. The Morgan fingerprint density at radius 2 is 2.15 bits per heavy atom. The monoisotopic (exact) mass is 278 g/mol. The van der Waals surface area contributed by atoms with Crippen LogP contribution in [0.5, 0.6) is 11.5 Å². The van der Waals surface area contributed by atoms with Crippen molar-refractivity contribution >= 4 is 5.69 Å². The Bertz CT molecular complexity index is 436. The molecule has 1 fully saturated rings. The number of ether oxygens (including phenoxy) is 2. The lowest BCUT2D eigenvalue weighted by molar-refractivity contribution is 0.338. The zero-order chi connectivity index (χ0) is 14.5. The summed E-state index contributed by atoms with van der Waals surface area (Å²) in [5.74, 6) is 2.46. The standard InChI is InChI=1S/C16H26N2O2/c1-5-12(2)14-11-18(9-8-17-14)15-10-13(19-3)6-7-16(15)20-4/h6-7,10,12,14,17H,5,8-9,11H2,1-4H3. The Balaban J connectivity index is 2.21. The molecular formula is C16H26N2O2. The molecule has 0 aromatic heterocycles. The molecule has 0 aliphatic carbocycles. The Hall–Kier alpha value is -1.42. The summed E-state index contributed by atoms with van der Waals surface area (Å²) >= 11 is 0. The fourth-order valence-electron chi connectivity index (χ4n) is 2.71. The normalized spacial score (nSPS) is 20.6. The number of methoxy groups -OCH3 is 2. The topological polar surface area (TPSA) is 33.7 Å².